The Bertz CT molecular complexity index is 406. The number of para-hydroxylation sites is 1. The Morgan fingerprint density at radius 2 is 1.83 bits per heavy atom. The molecule has 0 heterocycles. The molecule has 18 heavy (non-hydrogen) atoms. The van der Waals surface area contributed by atoms with Crippen LogP contribution in [0.25, 0.3) is 0 Å². The molecule has 3 N–H and O–H groups in total. The molecule has 0 aliphatic heterocycles. The van der Waals surface area contributed by atoms with E-state index in [4.69, 9.17) is 5.73 Å². The minimum Gasteiger partial charge on any atom is -0.370 e. The molecule has 0 fully saturated rings. The van der Waals surface area contributed by atoms with Gasteiger partial charge in [0, 0.05) is 32.7 Å². The van der Waals surface area contributed by atoms with Crippen LogP contribution in [0.1, 0.15) is 6.42 Å². The summed E-state index contributed by atoms with van der Waals surface area (Å²) >= 11 is 0. The highest BCUT2D eigenvalue weighted by Gasteiger charge is 2.16. The molecule has 6 heteroatoms. The maximum Gasteiger partial charge on any atom is 0.336 e. The van der Waals surface area contributed by atoms with Gasteiger partial charge in [0.2, 0.25) is 5.91 Å². The van der Waals surface area contributed by atoms with E-state index in [1.54, 1.807) is 31.2 Å². The number of nitrogens with zero attached hydrogens (tertiary/aromatic N) is 2. The number of primary amides is 1. The average Bonchev–Trinajstić information content (AvgIpc) is 2.29. The minimum atomic E-state index is -0.436. The fourth-order valence-electron chi connectivity index (χ4n) is 1.41. The van der Waals surface area contributed by atoms with Gasteiger partial charge in [-0.15, -0.1) is 0 Å². The number of carbonyl (C=O) groups is 2. The van der Waals surface area contributed by atoms with Gasteiger partial charge in [-0.25, -0.2) is 9.80 Å². The minimum absolute atomic E-state index is 0.125. The van der Waals surface area contributed by atoms with Crippen LogP contribution in [0.2, 0.25) is 0 Å². The molecule has 1 rings (SSSR count). The number of carbonyl (C=O) groups excluding carboxylic acids is 2. The smallest absolute Gasteiger partial charge is 0.336 e. The van der Waals surface area contributed by atoms with Crippen LogP contribution in [-0.4, -0.2) is 42.6 Å². The highest BCUT2D eigenvalue weighted by molar-refractivity contribution is 5.89. The molecule has 0 aliphatic carbocycles. The second kappa shape index (κ2) is 6.61. The van der Waals surface area contributed by atoms with Crippen molar-refractivity contribution in [3.05, 3.63) is 30.3 Å². The van der Waals surface area contributed by atoms with E-state index in [1.165, 1.54) is 5.01 Å². The van der Waals surface area contributed by atoms with E-state index in [9.17, 15) is 9.59 Å². The zero-order chi connectivity index (χ0) is 13.5. The van der Waals surface area contributed by atoms with Crippen LogP contribution >= 0.6 is 0 Å². The summed E-state index contributed by atoms with van der Waals surface area (Å²) in [6, 6.07) is 8.82. The van der Waals surface area contributed by atoms with Crippen LogP contribution in [0.4, 0.5) is 10.5 Å². The van der Waals surface area contributed by atoms with Crippen molar-refractivity contribution in [1.29, 1.82) is 0 Å². The Balaban J connectivity index is 2.62. The number of nitrogens with one attached hydrogen (secondary N) is 1. The number of rotatable bonds is 5. The third-order valence-corrected chi connectivity index (χ3v) is 2.31. The van der Waals surface area contributed by atoms with Crippen molar-refractivity contribution >= 4 is 17.6 Å². The molecule has 0 saturated heterocycles. The van der Waals surface area contributed by atoms with Gasteiger partial charge in [0.1, 0.15) is 0 Å². The fraction of sp³-hybridized carbons (Fsp3) is 0.333. The van der Waals surface area contributed by atoms with Gasteiger partial charge in [-0.1, -0.05) is 18.2 Å². The lowest BCUT2D eigenvalue weighted by molar-refractivity contribution is -0.118. The van der Waals surface area contributed by atoms with Crippen molar-refractivity contribution in [3.63, 3.8) is 0 Å². The molecule has 0 aromatic heterocycles. The number of hydrazine groups is 1. The average molecular weight is 250 g/mol. The van der Waals surface area contributed by atoms with Crippen LogP contribution in [0.5, 0.6) is 0 Å². The molecule has 0 spiro atoms. The summed E-state index contributed by atoms with van der Waals surface area (Å²) in [6.07, 6.45) is 0.125. The molecule has 3 amide bonds. The van der Waals surface area contributed by atoms with Gasteiger partial charge >= 0.3 is 6.03 Å². The van der Waals surface area contributed by atoms with Crippen molar-refractivity contribution in [2.45, 2.75) is 6.42 Å². The van der Waals surface area contributed by atoms with Crippen LogP contribution in [0, 0.1) is 0 Å². The fourth-order valence-corrected chi connectivity index (χ4v) is 1.41. The Morgan fingerprint density at radius 3 is 2.33 bits per heavy atom. The third kappa shape index (κ3) is 4.42. The SMILES string of the molecule is CN(C)N(CCC(N)=O)C(=O)Nc1ccccc1. The number of benzene rings is 1. The molecule has 98 valence electrons. The summed E-state index contributed by atoms with van der Waals surface area (Å²) in [5, 5.41) is 5.77. The molecule has 1 aromatic rings. The first kappa shape index (κ1) is 14.0. The summed E-state index contributed by atoms with van der Waals surface area (Å²) in [5.74, 6) is -0.436. The van der Waals surface area contributed by atoms with Crippen LogP contribution in [0.15, 0.2) is 30.3 Å². The third-order valence-electron chi connectivity index (χ3n) is 2.31. The Hall–Kier alpha value is -2.08. The predicted octanol–water partition coefficient (Wildman–Crippen LogP) is 0.872. The lowest BCUT2D eigenvalue weighted by Gasteiger charge is -2.28. The van der Waals surface area contributed by atoms with Crippen molar-refractivity contribution in [2.24, 2.45) is 5.73 Å². The number of nitrogens with two attached hydrogens (primary N) is 1. The highest BCUT2D eigenvalue weighted by atomic mass is 16.2. The van der Waals surface area contributed by atoms with Gasteiger partial charge in [-0.2, -0.15) is 0 Å². The predicted molar refractivity (Wildman–Crippen MR) is 69.7 cm³/mol. The Morgan fingerprint density at radius 1 is 1.22 bits per heavy atom. The normalized spacial score (nSPS) is 10.2. The lowest BCUT2D eigenvalue weighted by Crippen LogP contribution is -2.45. The molecule has 0 unspecified atom stereocenters. The van der Waals surface area contributed by atoms with Crippen LogP contribution < -0.4 is 11.1 Å². The van der Waals surface area contributed by atoms with Gasteiger partial charge in [-0.05, 0) is 12.1 Å². The zero-order valence-electron chi connectivity index (χ0n) is 10.6. The summed E-state index contributed by atoms with van der Waals surface area (Å²) in [5.41, 5.74) is 5.78. The molecule has 0 aliphatic rings. The lowest BCUT2D eigenvalue weighted by atomic mass is 10.3. The van der Waals surface area contributed by atoms with Crippen LogP contribution in [-0.2, 0) is 4.79 Å². The molecular weight excluding hydrogens is 232 g/mol. The summed E-state index contributed by atoms with van der Waals surface area (Å²) in [6.45, 7) is 0.251. The van der Waals surface area contributed by atoms with E-state index in [0.29, 0.717) is 5.69 Å². The van der Waals surface area contributed by atoms with E-state index in [1.807, 2.05) is 18.2 Å². The molecule has 6 nitrogen and oxygen atoms in total. The van der Waals surface area contributed by atoms with Crippen molar-refractivity contribution in [3.8, 4) is 0 Å². The molecule has 0 atom stereocenters. The standard InChI is InChI=1S/C12H18N4O2/c1-15(2)16(9-8-11(13)17)12(18)14-10-6-4-3-5-7-10/h3-7H,8-9H2,1-2H3,(H2,13,17)(H,14,18). The Labute approximate surface area is 106 Å². The van der Waals surface area contributed by atoms with E-state index in [0.717, 1.165) is 0 Å². The van der Waals surface area contributed by atoms with Gasteiger partial charge < -0.3 is 11.1 Å². The van der Waals surface area contributed by atoms with Crippen LogP contribution in [0.3, 0.4) is 0 Å². The molecule has 0 radical (unpaired) electrons. The van der Waals surface area contributed by atoms with Crippen molar-refractivity contribution < 1.29 is 9.59 Å². The number of hydrogen-bond donors (Lipinski definition) is 2. The molecular formula is C12H18N4O2. The number of amides is 3. The zero-order valence-corrected chi connectivity index (χ0v) is 10.6. The number of urea groups is 1. The highest BCUT2D eigenvalue weighted by Crippen LogP contribution is 2.07. The van der Waals surface area contributed by atoms with E-state index in [2.05, 4.69) is 5.32 Å². The van der Waals surface area contributed by atoms with Crippen molar-refractivity contribution in [2.75, 3.05) is 26.0 Å². The molecule has 0 bridgehead atoms. The first-order chi connectivity index (χ1) is 8.50. The topological polar surface area (TPSA) is 78.7 Å². The maximum atomic E-state index is 12.0. The van der Waals surface area contributed by atoms with Gasteiger partial charge in [0.15, 0.2) is 0 Å². The summed E-state index contributed by atoms with van der Waals surface area (Å²) < 4.78 is 0. The van der Waals surface area contributed by atoms with Crippen molar-refractivity contribution in [1.82, 2.24) is 10.0 Å². The molecule has 1 aromatic carbocycles. The van der Waals surface area contributed by atoms with Gasteiger partial charge in [0.25, 0.3) is 0 Å². The second-order valence-corrected chi connectivity index (χ2v) is 3.98. The summed E-state index contributed by atoms with van der Waals surface area (Å²) in [4.78, 5) is 22.7. The first-order valence-corrected chi connectivity index (χ1v) is 5.60. The quantitative estimate of drug-likeness (QED) is 0.761. The van der Waals surface area contributed by atoms with E-state index < -0.39 is 5.91 Å². The number of hydrogen-bond acceptors (Lipinski definition) is 3. The monoisotopic (exact) mass is 250 g/mol. The van der Waals surface area contributed by atoms with Gasteiger partial charge in [0.05, 0.1) is 0 Å². The maximum absolute atomic E-state index is 12.0. The van der Waals surface area contributed by atoms with E-state index >= 15 is 0 Å². The van der Waals surface area contributed by atoms with Gasteiger partial charge in [-0.3, -0.25) is 9.80 Å². The number of anilines is 1. The second-order valence-electron chi connectivity index (χ2n) is 3.98. The Kier molecular flexibility index (Phi) is 5.13. The summed E-state index contributed by atoms with van der Waals surface area (Å²) in [7, 11) is 3.46. The largest absolute Gasteiger partial charge is 0.370 e. The first-order valence-electron chi connectivity index (χ1n) is 5.60. The van der Waals surface area contributed by atoms with E-state index in [-0.39, 0.29) is 19.0 Å². The molecule has 0 saturated carbocycles.